The first-order valence-corrected chi connectivity index (χ1v) is 9.74. The molecule has 2 rings (SSSR count). The van der Waals surface area contributed by atoms with Crippen LogP contribution in [0.4, 0.5) is 13.2 Å². The van der Waals surface area contributed by atoms with Gasteiger partial charge in [-0.1, -0.05) is 17.3 Å². The van der Waals surface area contributed by atoms with Gasteiger partial charge in [0.2, 0.25) is 15.9 Å². The molecule has 0 aliphatic carbocycles. The molecule has 0 spiro atoms. The lowest BCUT2D eigenvalue weighted by Crippen LogP contribution is -2.45. The molecule has 2 N–H and O–H groups in total. The Morgan fingerprint density at radius 3 is 2.39 bits per heavy atom. The highest BCUT2D eigenvalue weighted by atomic mass is 32.2. The molecule has 1 heterocycles. The number of carbonyl (C=O) groups excluding carboxylic acids is 1. The Morgan fingerprint density at radius 2 is 1.86 bits per heavy atom. The normalized spacial score (nSPS) is 14.5. The highest BCUT2D eigenvalue weighted by Crippen LogP contribution is 2.30. The zero-order valence-corrected chi connectivity index (χ0v) is 16.4. The number of halogens is 3. The van der Waals surface area contributed by atoms with Crippen LogP contribution in [-0.2, 0) is 21.0 Å². The number of aromatic nitrogens is 1. The minimum atomic E-state index is -4.50. The molecule has 154 valence electrons. The Balaban J connectivity index is 2.10. The third-order valence-electron chi connectivity index (χ3n) is 4.03. The molecule has 1 amide bonds. The van der Waals surface area contributed by atoms with Gasteiger partial charge < -0.3 is 9.84 Å². The Kier molecular flexibility index (Phi) is 6.19. The molecule has 7 nitrogen and oxygen atoms in total. The van der Waals surface area contributed by atoms with E-state index in [9.17, 15) is 26.4 Å². The SMILES string of the molecule is Cc1noc(C)c1S(=O)(=O)N[C@@H](C)C(=O)NC(C)c1cccc(C(F)(F)F)c1. The molecule has 28 heavy (non-hydrogen) atoms. The van der Waals surface area contributed by atoms with Crippen molar-refractivity contribution >= 4 is 15.9 Å². The standard InChI is InChI=1S/C17H20F3N3O4S/c1-9(13-6-5-7-14(8-13)17(18,19)20)21-16(24)11(3)23-28(25,26)15-10(2)22-27-12(15)4/h5-9,11,23H,1-4H3,(H,21,24)/t9?,11-/m0/s1. The molecule has 11 heteroatoms. The number of amides is 1. The van der Waals surface area contributed by atoms with Gasteiger partial charge in [-0.3, -0.25) is 4.79 Å². The van der Waals surface area contributed by atoms with Crippen LogP contribution in [0.15, 0.2) is 33.7 Å². The van der Waals surface area contributed by atoms with Crippen molar-refractivity contribution in [3.8, 4) is 0 Å². The van der Waals surface area contributed by atoms with Gasteiger partial charge in [-0.25, -0.2) is 8.42 Å². The molecule has 0 fully saturated rings. The van der Waals surface area contributed by atoms with Crippen molar-refractivity contribution in [2.24, 2.45) is 0 Å². The van der Waals surface area contributed by atoms with Gasteiger partial charge >= 0.3 is 6.18 Å². The molecule has 0 aliphatic rings. The highest BCUT2D eigenvalue weighted by Gasteiger charge is 2.31. The van der Waals surface area contributed by atoms with Crippen molar-refractivity contribution in [2.45, 2.75) is 50.9 Å². The minimum Gasteiger partial charge on any atom is -0.360 e. The number of sulfonamides is 1. The number of rotatable bonds is 6. The van der Waals surface area contributed by atoms with Crippen LogP contribution < -0.4 is 10.0 Å². The van der Waals surface area contributed by atoms with Crippen LogP contribution in [0.25, 0.3) is 0 Å². The summed E-state index contributed by atoms with van der Waals surface area (Å²) in [5, 5.41) is 6.06. The van der Waals surface area contributed by atoms with E-state index in [2.05, 4.69) is 15.2 Å². The molecule has 0 radical (unpaired) electrons. The van der Waals surface area contributed by atoms with E-state index < -0.39 is 39.8 Å². The van der Waals surface area contributed by atoms with Crippen LogP contribution in [-0.4, -0.2) is 25.5 Å². The summed E-state index contributed by atoms with van der Waals surface area (Å²) >= 11 is 0. The summed E-state index contributed by atoms with van der Waals surface area (Å²) in [4.78, 5) is 12.2. The lowest BCUT2D eigenvalue weighted by molar-refractivity contribution is -0.137. The van der Waals surface area contributed by atoms with E-state index >= 15 is 0 Å². The lowest BCUT2D eigenvalue weighted by Gasteiger charge is -2.19. The van der Waals surface area contributed by atoms with Crippen LogP contribution in [0.1, 0.15) is 42.5 Å². The average molecular weight is 419 g/mol. The molecular weight excluding hydrogens is 399 g/mol. The Bertz CT molecular complexity index is 951. The quantitative estimate of drug-likeness (QED) is 0.750. The zero-order chi connectivity index (χ0) is 21.3. The third-order valence-corrected chi connectivity index (χ3v) is 5.82. The number of aryl methyl sites for hydroxylation is 2. The molecule has 1 aromatic carbocycles. The van der Waals surface area contributed by atoms with Crippen molar-refractivity contribution in [2.75, 3.05) is 0 Å². The molecule has 0 aliphatic heterocycles. The van der Waals surface area contributed by atoms with Gasteiger partial charge in [0, 0.05) is 0 Å². The molecule has 0 saturated heterocycles. The molecule has 1 unspecified atom stereocenters. The predicted octanol–water partition coefficient (Wildman–Crippen LogP) is 2.85. The van der Waals surface area contributed by atoms with Gasteiger partial charge in [0.1, 0.15) is 10.6 Å². The molecule has 1 aromatic heterocycles. The summed E-state index contributed by atoms with van der Waals surface area (Å²) in [5.41, 5.74) is -0.447. The summed E-state index contributed by atoms with van der Waals surface area (Å²) < 4.78 is 70.4. The molecule has 2 atom stereocenters. The monoisotopic (exact) mass is 419 g/mol. The van der Waals surface area contributed by atoms with Crippen molar-refractivity contribution < 1.29 is 30.9 Å². The maximum atomic E-state index is 12.8. The number of alkyl halides is 3. The second kappa shape index (κ2) is 7.92. The summed E-state index contributed by atoms with van der Waals surface area (Å²) in [6, 6.07) is 2.61. The smallest absolute Gasteiger partial charge is 0.360 e. The molecule has 0 saturated carbocycles. The fraction of sp³-hybridized carbons (Fsp3) is 0.412. The lowest BCUT2D eigenvalue weighted by atomic mass is 10.0. The fourth-order valence-electron chi connectivity index (χ4n) is 2.61. The van der Waals surface area contributed by atoms with E-state index in [1.807, 2.05) is 0 Å². The van der Waals surface area contributed by atoms with Gasteiger partial charge in [-0.15, -0.1) is 0 Å². The average Bonchev–Trinajstić information content (AvgIpc) is 2.93. The van der Waals surface area contributed by atoms with E-state index in [4.69, 9.17) is 4.52 Å². The van der Waals surface area contributed by atoms with Crippen LogP contribution in [0, 0.1) is 13.8 Å². The van der Waals surface area contributed by atoms with E-state index in [-0.39, 0.29) is 21.9 Å². The maximum absolute atomic E-state index is 12.8. The van der Waals surface area contributed by atoms with Crippen molar-refractivity contribution in [3.63, 3.8) is 0 Å². The van der Waals surface area contributed by atoms with Crippen LogP contribution in [0.2, 0.25) is 0 Å². The fourth-order valence-corrected chi connectivity index (χ4v) is 4.14. The van der Waals surface area contributed by atoms with Crippen LogP contribution in [0.3, 0.4) is 0 Å². The number of hydrogen-bond acceptors (Lipinski definition) is 5. The Morgan fingerprint density at radius 1 is 1.21 bits per heavy atom. The first-order valence-electron chi connectivity index (χ1n) is 8.25. The van der Waals surface area contributed by atoms with Crippen molar-refractivity contribution in [3.05, 3.63) is 46.8 Å². The van der Waals surface area contributed by atoms with E-state index in [1.165, 1.54) is 39.8 Å². The zero-order valence-electron chi connectivity index (χ0n) is 15.6. The maximum Gasteiger partial charge on any atom is 0.416 e. The number of nitrogens with one attached hydrogen (secondary N) is 2. The summed E-state index contributed by atoms with van der Waals surface area (Å²) in [6.45, 7) is 5.70. The number of nitrogens with zero attached hydrogens (tertiary/aromatic N) is 1. The van der Waals surface area contributed by atoms with Crippen molar-refractivity contribution in [1.29, 1.82) is 0 Å². The number of carbonyl (C=O) groups is 1. The van der Waals surface area contributed by atoms with Crippen molar-refractivity contribution in [1.82, 2.24) is 15.2 Å². The summed E-state index contributed by atoms with van der Waals surface area (Å²) in [6.07, 6.45) is -4.50. The van der Waals surface area contributed by atoms with Gasteiger partial charge in [-0.05, 0) is 45.4 Å². The Hall–Kier alpha value is -2.40. The minimum absolute atomic E-state index is 0.0786. The van der Waals surface area contributed by atoms with E-state index in [1.54, 1.807) is 0 Å². The Labute approximate surface area is 160 Å². The second-order valence-corrected chi connectivity index (χ2v) is 8.00. The first kappa shape index (κ1) is 21.9. The van der Waals surface area contributed by atoms with Gasteiger partial charge in [-0.2, -0.15) is 17.9 Å². The predicted molar refractivity (Wildman–Crippen MR) is 93.8 cm³/mol. The largest absolute Gasteiger partial charge is 0.416 e. The summed E-state index contributed by atoms with van der Waals surface area (Å²) in [7, 11) is -4.06. The van der Waals surface area contributed by atoms with Gasteiger partial charge in [0.05, 0.1) is 17.6 Å². The topological polar surface area (TPSA) is 101 Å². The second-order valence-electron chi connectivity index (χ2n) is 6.35. The third kappa shape index (κ3) is 4.90. The van der Waals surface area contributed by atoms with E-state index in [0.29, 0.717) is 0 Å². The number of hydrogen-bond donors (Lipinski definition) is 2. The van der Waals surface area contributed by atoms with Crippen LogP contribution in [0.5, 0.6) is 0 Å². The van der Waals surface area contributed by atoms with Gasteiger partial charge in [0.15, 0.2) is 5.76 Å². The molecule has 2 aromatic rings. The first-order chi connectivity index (χ1) is 12.8. The molecule has 0 bridgehead atoms. The highest BCUT2D eigenvalue weighted by molar-refractivity contribution is 7.89. The van der Waals surface area contributed by atoms with Gasteiger partial charge in [0.25, 0.3) is 0 Å². The van der Waals surface area contributed by atoms with Crippen LogP contribution >= 0.6 is 0 Å². The molecular formula is C17H20F3N3O4S. The van der Waals surface area contributed by atoms with E-state index in [0.717, 1.165) is 12.1 Å². The summed E-state index contributed by atoms with van der Waals surface area (Å²) in [5.74, 6) is -0.616. The number of benzene rings is 1.